The van der Waals surface area contributed by atoms with E-state index in [4.69, 9.17) is 0 Å². The normalized spacial score (nSPS) is 33.6. The van der Waals surface area contributed by atoms with E-state index in [0.29, 0.717) is 17.9 Å². The van der Waals surface area contributed by atoms with Gasteiger partial charge in [0.1, 0.15) is 0 Å². The van der Waals surface area contributed by atoms with Gasteiger partial charge in [0.15, 0.2) is 0 Å². The highest BCUT2D eigenvalue weighted by Crippen LogP contribution is 2.45. The first-order valence-electron chi connectivity index (χ1n) is 9.51. The van der Waals surface area contributed by atoms with Gasteiger partial charge in [-0.3, -0.25) is 9.69 Å². The number of rotatable bonds is 5. The second kappa shape index (κ2) is 7.49. The van der Waals surface area contributed by atoms with Crippen LogP contribution in [0.3, 0.4) is 0 Å². The quantitative estimate of drug-likeness (QED) is 0.820. The van der Waals surface area contributed by atoms with Gasteiger partial charge in [-0.2, -0.15) is 0 Å². The van der Waals surface area contributed by atoms with E-state index in [9.17, 15) is 4.79 Å². The Morgan fingerprint density at radius 3 is 2.57 bits per heavy atom. The second-order valence-electron chi connectivity index (χ2n) is 8.03. The molecule has 3 aliphatic rings. The van der Waals surface area contributed by atoms with Crippen molar-refractivity contribution >= 4 is 5.91 Å². The van der Waals surface area contributed by atoms with Gasteiger partial charge in [0.25, 0.3) is 0 Å². The van der Waals surface area contributed by atoms with Gasteiger partial charge in [-0.25, -0.2) is 0 Å². The van der Waals surface area contributed by atoms with E-state index < -0.39 is 0 Å². The highest BCUT2D eigenvalue weighted by molar-refractivity contribution is 5.75. The minimum absolute atomic E-state index is 0.219. The molecule has 132 valence electrons. The summed E-state index contributed by atoms with van der Waals surface area (Å²) in [4.78, 5) is 19.3. The molecule has 1 saturated carbocycles. The number of likely N-dealkylation sites (N-methyl/N-ethyl adjacent to an activating group) is 1. The molecule has 1 N–H and O–H groups in total. The average Bonchev–Trinajstić information content (AvgIpc) is 3.14. The molecule has 3 rings (SSSR count). The Morgan fingerprint density at radius 2 is 1.83 bits per heavy atom. The van der Waals surface area contributed by atoms with Crippen LogP contribution in [-0.2, 0) is 4.79 Å². The summed E-state index contributed by atoms with van der Waals surface area (Å²) in [7, 11) is 2.22. The van der Waals surface area contributed by atoms with Crippen molar-refractivity contribution in [2.45, 2.75) is 45.1 Å². The maximum Gasteiger partial charge on any atom is 0.219 e. The Hall–Kier alpha value is -0.650. The number of piperazine rings is 1. The average molecular weight is 322 g/mol. The van der Waals surface area contributed by atoms with Crippen LogP contribution in [0.25, 0.3) is 0 Å². The van der Waals surface area contributed by atoms with E-state index in [2.05, 4.69) is 27.1 Å². The number of hydrogen-bond donors (Lipinski definition) is 1. The van der Waals surface area contributed by atoms with Gasteiger partial charge in [-0.05, 0) is 44.7 Å². The van der Waals surface area contributed by atoms with Crippen molar-refractivity contribution in [3.63, 3.8) is 0 Å². The fourth-order valence-corrected chi connectivity index (χ4v) is 4.60. The number of nitrogens with one attached hydrogen (secondary N) is 1. The topological polar surface area (TPSA) is 38.8 Å². The zero-order valence-electron chi connectivity index (χ0n) is 15.0. The number of carbonyl (C=O) groups is 1. The fourth-order valence-electron chi connectivity index (χ4n) is 4.60. The third kappa shape index (κ3) is 4.46. The number of carbonyl (C=O) groups excluding carboxylic acids is 1. The molecule has 23 heavy (non-hydrogen) atoms. The van der Waals surface area contributed by atoms with E-state index in [-0.39, 0.29) is 5.91 Å². The molecule has 2 unspecified atom stereocenters. The largest absolute Gasteiger partial charge is 0.353 e. The summed E-state index contributed by atoms with van der Waals surface area (Å²) in [5.41, 5.74) is 0.494. The molecule has 0 radical (unpaired) electrons. The molecule has 1 spiro atoms. The number of hydrogen-bond acceptors (Lipinski definition) is 4. The molecule has 1 aliphatic carbocycles. The highest BCUT2D eigenvalue weighted by Gasteiger charge is 2.44. The molecular weight excluding hydrogens is 288 g/mol. The third-order valence-corrected chi connectivity index (χ3v) is 6.23. The molecule has 0 bridgehead atoms. The van der Waals surface area contributed by atoms with E-state index in [0.717, 1.165) is 0 Å². The van der Waals surface area contributed by atoms with Crippen molar-refractivity contribution in [1.29, 1.82) is 0 Å². The molecule has 5 nitrogen and oxygen atoms in total. The van der Waals surface area contributed by atoms with Crippen LogP contribution < -0.4 is 5.32 Å². The van der Waals surface area contributed by atoms with Crippen molar-refractivity contribution in [3.8, 4) is 0 Å². The molecule has 0 aromatic rings. The van der Waals surface area contributed by atoms with Gasteiger partial charge in [0.2, 0.25) is 5.91 Å². The van der Waals surface area contributed by atoms with Gasteiger partial charge in [-0.15, -0.1) is 0 Å². The van der Waals surface area contributed by atoms with Crippen LogP contribution in [0.4, 0.5) is 0 Å². The molecule has 2 saturated heterocycles. The summed E-state index contributed by atoms with van der Waals surface area (Å²) in [6.45, 7) is 11.8. The summed E-state index contributed by atoms with van der Waals surface area (Å²) < 4.78 is 0. The Bertz CT molecular complexity index is 408. The summed E-state index contributed by atoms with van der Waals surface area (Å²) in [5.74, 6) is 0.219. The van der Waals surface area contributed by atoms with Crippen LogP contribution >= 0.6 is 0 Å². The number of nitrogens with zero attached hydrogens (tertiary/aromatic N) is 3. The minimum atomic E-state index is 0.219. The van der Waals surface area contributed by atoms with Crippen LogP contribution in [0.2, 0.25) is 0 Å². The molecule has 0 aromatic heterocycles. The first-order chi connectivity index (χ1) is 11.1. The molecule has 2 atom stereocenters. The van der Waals surface area contributed by atoms with Gasteiger partial charge >= 0.3 is 0 Å². The Labute approximate surface area is 141 Å². The molecule has 1 amide bonds. The van der Waals surface area contributed by atoms with E-state index in [1.807, 2.05) is 6.92 Å². The Kier molecular flexibility index (Phi) is 5.60. The molecule has 0 aromatic carbocycles. The van der Waals surface area contributed by atoms with Crippen molar-refractivity contribution in [2.24, 2.45) is 5.41 Å². The lowest BCUT2D eigenvalue weighted by atomic mass is 9.85. The zero-order chi connectivity index (χ0) is 16.3. The fraction of sp³-hybridized carbons (Fsp3) is 0.944. The standard InChI is InChI=1S/C18H34N4O/c1-3-17(23)19-16-4-5-18(14-16)6-7-22(15-18)13-12-21-10-8-20(2)9-11-21/h16H,3-15H2,1-2H3,(H,19,23). The summed E-state index contributed by atoms with van der Waals surface area (Å²) >= 11 is 0. The lowest BCUT2D eigenvalue weighted by Gasteiger charge is -2.33. The van der Waals surface area contributed by atoms with Crippen molar-refractivity contribution < 1.29 is 4.79 Å². The maximum absolute atomic E-state index is 11.6. The monoisotopic (exact) mass is 322 g/mol. The van der Waals surface area contributed by atoms with Crippen molar-refractivity contribution in [3.05, 3.63) is 0 Å². The second-order valence-corrected chi connectivity index (χ2v) is 8.03. The van der Waals surface area contributed by atoms with Crippen molar-refractivity contribution in [2.75, 3.05) is 59.4 Å². The SMILES string of the molecule is CCC(=O)NC1CCC2(CCN(CCN3CCN(C)CC3)C2)C1. The number of amides is 1. The third-order valence-electron chi connectivity index (χ3n) is 6.23. The lowest BCUT2D eigenvalue weighted by molar-refractivity contribution is -0.121. The predicted molar refractivity (Wildman–Crippen MR) is 93.5 cm³/mol. The molecule has 2 heterocycles. The molecule has 2 aliphatic heterocycles. The Morgan fingerprint density at radius 1 is 1.09 bits per heavy atom. The zero-order valence-corrected chi connectivity index (χ0v) is 15.0. The number of likely N-dealkylation sites (tertiary alicyclic amines) is 1. The van der Waals surface area contributed by atoms with Crippen LogP contribution in [-0.4, -0.2) is 86.1 Å². The minimum Gasteiger partial charge on any atom is -0.353 e. The predicted octanol–water partition coefficient (Wildman–Crippen LogP) is 1.00. The smallest absolute Gasteiger partial charge is 0.219 e. The van der Waals surface area contributed by atoms with Crippen molar-refractivity contribution in [1.82, 2.24) is 20.0 Å². The van der Waals surface area contributed by atoms with Crippen LogP contribution in [0.15, 0.2) is 0 Å². The van der Waals surface area contributed by atoms with E-state index >= 15 is 0 Å². The van der Waals surface area contributed by atoms with Gasteiger partial charge in [0, 0.05) is 58.3 Å². The van der Waals surface area contributed by atoms with E-state index in [1.165, 1.54) is 78.0 Å². The molecule has 3 fully saturated rings. The van der Waals surface area contributed by atoms with Gasteiger partial charge < -0.3 is 15.1 Å². The van der Waals surface area contributed by atoms with Crippen LogP contribution in [0.5, 0.6) is 0 Å². The molecular formula is C18H34N4O. The Balaban J connectivity index is 1.39. The first kappa shape index (κ1) is 17.2. The summed E-state index contributed by atoms with van der Waals surface area (Å²) in [6, 6.07) is 0.431. The van der Waals surface area contributed by atoms with Gasteiger partial charge in [-0.1, -0.05) is 6.92 Å². The van der Waals surface area contributed by atoms with Crippen LogP contribution in [0.1, 0.15) is 39.0 Å². The van der Waals surface area contributed by atoms with Gasteiger partial charge in [0.05, 0.1) is 0 Å². The lowest BCUT2D eigenvalue weighted by Crippen LogP contribution is -2.46. The summed E-state index contributed by atoms with van der Waals surface area (Å²) in [5, 5.41) is 3.21. The first-order valence-corrected chi connectivity index (χ1v) is 9.51. The maximum atomic E-state index is 11.6. The van der Waals surface area contributed by atoms with E-state index in [1.54, 1.807) is 0 Å². The molecule has 5 heteroatoms. The summed E-state index contributed by atoms with van der Waals surface area (Å²) in [6.07, 6.45) is 5.61. The highest BCUT2D eigenvalue weighted by atomic mass is 16.1. The van der Waals surface area contributed by atoms with Crippen LogP contribution in [0, 0.1) is 5.41 Å².